The zero-order valence-electron chi connectivity index (χ0n) is 18.9. The van der Waals surface area contributed by atoms with E-state index in [0.29, 0.717) is 70.0 Å². The summed E-state index contributed by atoms with van der Waals surface area (Å²) < 4.78 is 11.4. The number of pyridine rings is 2. The highest BCUT2D eigenvalue weighted by Gasteiger charge is 2.17. The maximum absolute atomic E-state index is 9.91. The van der Waals surface area contributed by atoms with Gasteiger partial charge in [0.25, 0.3) is 0 Å². The molecule has 34 heavy (non-hydrogen) atoms. The van der Waals surface area contributed by atoms with Gasteiger partial charge in [0.05, 0.1) is 45.5 Å². The van der Waals surface area contributed by atoms with Crippen molar-refractivity contribution in [3.05, 3.63) is 76.7 Å². The molecule has 0 atom stereocenters. The van der Waals surface area contributed by atoms with Crippen LogP contribution in [0.1, 0.15) is 30.8 Å². The van der Waals surface area contributed by atoms with Crippen LogP contribution in [0.25, 0.3) is 10.9 Å². The third kappa shape index (κ3) is 4.82. The minimum atomic E-state index is 0.308. The van der Waals surface area contributed by atoms with Gasteiger partial charge >= 0.3 is 0 Å². The van der Waals surface area contributed by atoms with Crippen molar-refractivity contribution in [3.63, 3.8) is 0 Å². The number of nitrogens with zero attached hydrogens (tertiary/aromatic N) is 3. The summed E-state index contributed by atoms with van der Waals surface area (Å²) >= 11 is 6.49. The van der Waals surface area contributed by atoms with Gasteiger partial charge in [-0.3, -0.25) is 9.97 Å². The third-order valence-electron chi connectivity index (χ3n) is 5.24. The molecule has 0 fully saturated rings. The van der Waals surface area contributed by atoms with Crippen LogP contribution < -0.4 is 20.5 Å². The Bertz CT molecular complexity index is 1370. The van der Waals surface area contributed by atoms with Crippen LogP contribution in [0.5, 0.6) is 11.5 Å². The highest BCUT2D eigenvalue weighted by Crippen LogP contribution is 2.37. The lowest BCUT2D eigenvalue weighted by Gasteiger charge is -2.17. The lowest BCUT2D eigenvalue weighted by Crippen LogP contribution is -2.04. The minimum Gasteiger partial charge on any atom is -0.492 e. The molecular weight excluding hydrogens is 450 g/mol. The summed E-state index contributed by atoms with van der Waals surface area (Å²) in [7, 11) is 0. The Kier molecular flexibility index (Phi) is 7.00. The number of benzene rings is 2. The Morgan fingerprint density at radius 1 is 1.09 bits per heavy atom. The van der Waals surface area contributed by atoms with Gasteiger partial charge < -0.3 is 20.5 Å². The second kappa shape index (κ2) is 10.3. The average molecular weight is 474 g/mol. The van der Waals surface area contributed by atoms with Crippen molar-refractivity contribution < 1.29 is 9.47 Å². The average Bonchev–Trinajstić information content (AvgIpc) is 2.85. The van der Waals surface area contributed by atoms with Gasteiger partial charge in [0, 0.05) is 23.3 Å². The molecule has 0 saturated heterocycles. The molecule has 7 nitrogen and oxygen atoms in total. The predicted molar refractivity (Wildman–Crippen MR) is 135 cm³/mol. The number of anilines is 3. The molecule has 0 spiro atoms. The first kappa shape index (κ1) is 23.1. The number of nitrogens with one attached hydrogen (secondary N) is 1. The topological polar surface area (TPSA) is 106 Å². The highest BCUT2D eigenvalue weighted by molar-refractivity contribution is 6.32. The number of nitrogens with two attached hydrogens (primary N) is 1. The minimum absolute atomic E-state index is 0.308. The molecule has 0 saturated carbocycles. The van der Waals surface area contributed by atoms with Crippen molar-refractivity contribution >= 4 is 39.6 Å². The molecule has 2 aromatic heterocycles. The van der Waals surface area contributed by atoms with Gasteiger partial charge in [0.15, 0.2) is 0 Å². The van der Waals surface area contributed by atoms with Gasteiger partial charge in [0.2, 0.25) is 0 Å². The van der Waals surface area contributed by atoms with Crippen LogP contribution in [0.15, 0.2) is 54.7 Å². The van der Waals surface area contributed by atoms with E-state index in [9.17, 15) is 5.26 Å². The smallest absolute Gasteiger partial charge is 0.144 e. The van der Waals surface area contributed by atoms with Crippen LogP contribution in [0, 0.1) is 11.3 Å². The van der Waals surface area contributed by atoms with Crippen LogP contribution >= 0.6 is 11.6 Å². The number of fused-ring (bicyclic) bond motifs is 1. The second-order valence-corrected chi connectivity index (χ2v) is 7.90. The van der Waals surface area contributed by atoms with Crippen molar-refractivity contribution in [1.82, 2.24) is 9.97 Å². The summed E-state index contributed by atoms with van der Waals surface area (Å²) in [4.78, 5) is 8.94. The van der Waals surface area contributed by atoms with Crippen molar-refractivity contribution in [2.75, 3.05) is 17.7 Å². The molecule has 0 aliphatic heterocycles. The van der Waals surface area contributed by atoms with Gasteiger partial charge in [-0.05, 0) is 49.7 Å². The molecule has 172 valence electrons. The van der Waals surface area contributed by atoms with Gasteiger partial charge in [-0.1, -0.05) is 24.6 Å². The van der Waals surface area contributed by atoms with Crippen LogP contribution in [0.2, 0.25) is 5.02 Å². The fraction of sp³-hybridized carbons (Fsp3) is 0.192. The maximum Gasteiger partial charge on any atom is 0.144 e. The van der Waals surface area contributed by atoms with E-state index in [1.54, 1.807) is 30.5 Å². The number of nitriles is 1. The molecular formula is C26H24ClN5O2. The first-order chi connectivity index (χ1) is 16.5. The SMILES string of the molecule is CCOc1cc2nc(CC)c(C#N)c(Nc3ccc(OCc4ccccn4)c(Cl)c3)c2cc1N. The van der Waals surface area contributed by atoms with E-state index in [1.165, 1.54) is 0 Å². The fourth-order valence-electron chi connectivity index (χ4n) is 3.62. The Hall–Kier alpha value is -4.02. The van der Waals surface area contributed by atoms with E-state index in [-0.39, 0.29) is 0 Å². The van der Waals surface area contributed by atoms with E-state index in [0.717, 1.165) is 11.1 Å². The molecule has 3 N–H and O–H groups in total. The van der Waals surface area contributed by atoms with E-state index >= 15 is 0 Å². The summed E-state index contributed by atoms with van der Waals surface area (Å²) in [5, 5.41) is 14.4. The molecule has 4 aromatic rings. The van der Waals surface area contributed by atoms with Crippen LogP contribution in [-0.2, 0) is 13.0 Å². The predicted octanol–water partition coefficient (Wildman–Crippen LogP) is 6.02. The van der Waals surface area contributed by atoms with E-state index in [1.807, 2.05) is 38.1 Å². The monoisotopic (exact) mass is 473 g/mol. The van der Waals surface area contributed by atoms with Gasteiger partial charge in [-0.25, -0.2) is 0 Å². The van der Waals surface area contributed by atoms with E-state index < -0.39 is 0 Å². The lowest BCUT2D eigenvalue weighted by molar-refractivity contribution is 0.301. The van der Waals surface area contributed by atoms with Crippen molar-refractivity contribution in [1.29, 1.82) is 5.26 Å². The zero-order valence-corrected chi connectivity index (χ0v) is 19.7. The van der Waals surface area contributed by atoms with Gasteiger partial charge in [-0.2, -0.15) is 5.26 Å². The lowest BCUT2D eigenvalue weighted by atomic mass is 10.0. The number of nitrogen functional groups attached to an aromatic ring is 1. The molecule has 0 unspecified atom stereocenters. The Labute approximate surface area is 203 Å². The molecule has 4 rings (SSSR count). The van der Waals surface area contributed by atoms with Gasteiger partial charge in [0.1, 0.15) is 24.2 Å². The van der Waals surface area contributed by atoms with Crippen molar-refractivity contribution in [2.24, 2.45) is 0 Å². The Morgan fingerprint density at radius 2 is 1.94 bits per heavy atom. The fourth-order valence-corrected chi connectivity index (χ4v) is 3.86. The summed E-state index contributed by atoms with van der Waals surface area (Å²) in [5.74, 6) is 1.11. The molecule has 0 amide bonds. The van der Waals surface area contributed by atoms with Gasteiger partial charge in [-0.15, -0.1) is 0 Å². The molecule has 0 bridgehead atoms. The number of rotatable bonds is 8. The van der Waals surface area contributed by atoms with E-state index in [2.05, 4.69) is 21.4 Å². The summed E-state index contributed by atoms with van der Waals surface area (Å²) in [6.07, 6.45) is 2.32. The maximum atomic E-state index is 9.91. The molecule has 2 heterocycles. The Morgan fingerprint density at radius 3 is 2.62 bits per heavy atom. The standard InChI is InChI=1S/C26H24ClN5O2/c1-3-22-19(14-28)26(18-12-21(29)25(33-4-2)13-23(18)32-22)31-16-8-9-24(20(27)11-16)34-15-17-7-5-6-10-30-17/h5-13H,3-4,15,29H2,1-2H3,(H,31,32). The number of ether oxygens (including phenoxy) is 2. The third-order valence-corrected chi connectivity index (χ3v) is 5.54. The largest absolute Gasteiger partial charge is 0.492 e. The molecule has 0 radical (unpaired) electrons. The van der Waals surface area contributed by atoms with Crippen LogP contribution in [0.4, 0.5) is 17.1 Å². The first-order valence-corrected chi connectivity index (χ1v) is 11.3. The number of hydrogen-bond acceptors (Lipinski definition) is 7. The second-order valence-electron chi connectivity index (χ2n) is 7.49. The number of aromatic nitrogens is 2. The van der Waals surface area contributed by atoms with E-state index in [4.69, 9.17) is 26.8 Å². The Balaban J connectivity index is 1.69. The highest BCUT2D eigenvalue weighted by atomic mass is 35.5. The number of halogens is 1. The summed E-state index contributed by atoms with van der Waals surface area (Å²) in [6.45, 7) is 4.66. The normalized spacial score (nSPS) is 10.6. The molecule has 0 aliphatic rings. The number of aryl methyl sites for hydroxylation is 1. The molecule has 0 aliphatic carbocycles. The van der Waals surface area contributed by atoms with Crippen molar-refractivity contribution in [2.45, 2.75) is 26.9 Å². The van der Waals surface area contributed by atoms with Crippen molar-refractivity contribution in [3.8, 4) is 17.6 Å². The zero-order chi connectivity index (χ0) is 24.1. The first-order valence-electron chi connectivity index (χ1n) is 10.9. The summed E-state index contributed by atoms with van der Waals surface area (Å²) in [6, 6.07) is 16.9. The van der Waals surface area contributed by atoms with Crippen LogP contribution in [-0.4, -0.2) is 16.6 Å². The molecule has 2 aromatic carbocycles. The van der Waals surface area contributed by atoms with Crippen LogP contribution in [0.3, 0.4) is 0 Å². The number of hydrogen-bond donors (Lipinski definition) is 2. The molecule has 8 heteroatoms. The summed E-state index contributed by atoms with van der Waals surface area (Å²) in [5.41, 5.74) is 10.7. The quantitative estimate of drug-likeness (QED) is 0.301.